The lowest BCUT2D eigenvalue weighted by Gasteiger charge is -1.92. The second-order valence-electron chi connectivity index (χ2n) is 3.46. The highest BCUT2D eigenvalue weighted by molar-refractivity contribution is 9.93. The van der Waals surface area contributed by atoms with Crippen molar-refractivity contribution in [3.8, 4) is 0 Å². The summed E-state index contributed by atoms with van der Waals surface area (Å²) in [4.78, 5) is 7.57. The molecule has 122 valence electrons. The summed E-state index contributed by atoms with van der Waals surface area (Å²) >= 11 is 23.9. The monoisotopic (exact) mass is 616 g/mol. The van der Waals surface area contributed by atoms with Gasteiger partial charge in [0.05, 0.1) is 6.61 Å². The zero-order valence-electron chi connectivity index (χ0n) is 10.9. The molecule has 0 spiro atoms. The van der Waals surface area contributed by atoms with Gasteiger partial charge in [-0.2, -0.15) is 0 Å². The van der Waals surface area contributed by atoms with E-state index in [0.717, 1.165) is 16.5 Å². The lowest BCUT2D eigenvalue weighted by atomic mass is 10.3. The van der Waals surface area contributed by atoms with Gasteiger partial charge in [0.2, 0.25) is 0 Å². The molecule has 0 saturated carbocycles. The van der Waals surface area contributed by atoms with Crippen molar-refractivity contribution in [1.82, 2.24) is 9.97 Å². The van der Waals surface area contributed by atoms with Gasteiger partial charge in [-0.1, -0.05) is 39.1 Å². The molecular formula is C12H11Br4Cl2N2OP. The smallest absolute Gasteiger partial charge is 0.129 e. The number of aromatic nitrogens is 2. The summed E-state index contributed by atoms with van der Waals surface area (Å²) in [6, 6.07) is 7.09. The summed E-state index contributed by atoms with van der Waals surface area (Å²) in [5, 5.41) is 10.4. The van der Waals surface area contributed by atoms with Crippen LogP contribution in [0, 0.1) is 0 Å². The fourth-order valence-electron chi connectivity index (χ4n) is 1.07. The van der Waals surface area contributed by atoms with E-state index in [1.54, 1.807) is 24.5 Å². The Hall–Kier alpha value is 1.19. The van der Waals surface area contributed by atoms with Crippen LogP contribution in [-0.2, 0) is 11.9 Å². The van der Waals surface area contributed by atoms with E-state index < -0.39 is 0 Å². The van der Waals surface area contributed by atoms with Crippen molar-refractivity contribution in [3.05, 3.63) is 58.1 Å². The van der Waals surface area contributed by atoms with E-state index in [-0.39, 0.29) is 10.6 Å². The van der Waals surface area contributed by atoms with Gasteiger partial charge in [0.1, 0.15) is 14.3 Å². The van der Waals surface area contributed by atoms with Crippen LogP contribution in [0.15, 0.2) is 36.7 Å². The number of pyridine rings is 2. The minimum Gasteiger partial charge on any atom is -0.392 e. The predicted octanol–water partition coefficient (Wildman–Crippen LogP) is 7.26. The van der Waals surface area contributed by atoms with Crippen LogP contribution >= 0.6 is 89.6 Å². The van der Waals surface area contributed by atoms with E-state index >= 15 is 0 Å². The molecule has 2 heterocycles. The van der Waals surface area contributed by atoms with Gasteiger partial charge in [0.25, 0.3) is 0 Å². The summed E-state index contributed by atoms with van der Waals surface area (Å²) in [6.45, 7) is 0.0161. The van der Waals surface area contributed by atoms with Crippen molar-refractivity contribution in [2.45, 2.75) is 11.9 Å². The molecular weight excluding hydrogens is 610 g/mol. The van der Waals surface area contributed by atoms with E-state index in [1.807, 2.05) is 12.1 Å². The summed E-state index contributed by atoms with van der Waals surface area (Å²) in [6.07, 6.45) is 3.26. The Morgan fingerprint density at radius 3 is 1.64 bits per heavy atom. The molecule has 2 rings (SSSR count). The van der Waals surface area contributed by atoms with Crippen molar-refractivity contribution < 1.29 is 5.11 Å². The zero-order chi connectivity index (χ0) is 17.0. The third-order valence-electron chi connectivity index (χ3n) is 1.92. The van der Waals surface area contributed by atoms with Crippen molar-refractivity contribution in [2.24, 2.45) is 0 Å². The fraction of sp³-hybridized carbons (Fsp3) is 0.167. The first-order valence-electron chi connectivity index (χ1n) is 5.54. The molecule has 0 atom stereocenters. The fourth-order valence-corrected chi connectivity index (χ4v) is 1.81. The summed E-state index contributed by atoms with van der Waals surface area (Å²) in [7, 11) is 0. The molecule has 22 heavy (non-hydrogen) atoms. The molecule has 2 aromatic rings. The number of nitrogens with zero attached hydrogens (tertiary/aromatic N) is 2. The van der Waals surface area contributed by atoms with Gasteiger partial charge in [-0.3, -0.25) is 0 Å². The van der Waals surface area contributed by atoms with Crippen LogP contribution in [0.25, 0.3) is 0 Å². The summed E-state index contributed by atoms with van der Waals surface area (Å²) < 4.78 is -0.183. The third-order valence-corrected chi connectivity index (χ3v) is 2.98. The van der Waals surface area contributed by atoms with E-state index in [0.29, 0.717) is 10.3 Å². The van der Waals surface area contributed by atoms with Crippen LogP contribution in [0.5, 0.6) is 0 Å². The highest BCUT2D eigenvalue weighted by Gasteiger charge is 1.90. The topological polar surface area (TPSA) is 46.0 Å². The maximum absolute atomic E-state index is 8.58. The second kappa shape index (κ2) is 14.5. The third kappa shape index (κ3) is 13.6. The van der Waals surface area contributed by atoms with Crippen LogP contribution in [0.2, 0.25) is 10.3 Å². The van der Waals surface area contributed by atoms with Gasteiger partial charge >= 0.3 is 0 Å². The highest BCUT2D eigenvalue weighted by Crippen LogP contribution is 2.59. The Bertz CT molecular complexity index is 504. The minimum absolute atomic E-state index is 0.0161. The molecule has 3 nitrogen and oxygen atoms in total. The molecule has 0 radical (unpaired) electrons. The first kappa shape index (κ1) is 23.2. The van der Waals surface area contributed by atoms with Crippen LogP contribution in [-0.4, -0.2) is 15.1 Å². The first-order valence-corrected chi connectivity index (χ1v) is 14.8. The Morgan fingerprint density at radius 2 is 1.36 bits per heavy atom. The number of halogens is 6. The lowest BCUT2D eigenvalue weighted by Crippen LogP contribution is -1.82. The average Bonchev–Trinajstić information content (AvgIpc) is 2.47. The second-order valence-corrected chi connectivity index (χ2v) is 20.1. The van der Waals surface area contributed by atoms with Crippen molar-refractivity contribution >= 4 is 89.6 Å². The maximum atomic E-state index is 8.58. The molecule has 0 aliphatic heterocycles. The van der Waals surface area contributed by atoms with Crippen molar-refractivity contribution in [1.29, 1.82) is 0 Å². The number of alkyl halides is 1. The van der Waals surface area contributed by atoms with Gasteiger partial charge in [0, 0.05) is 17.7 Å². The van der Waals surface area contributed by atoms with Gasteiger partial charge in [0.15, 0.2) is 0 Å². The molecule has 0 saturated heterocycles. The van der Waals surface area contributed by atoms with Crippen molar-refractivity contribution in [2.75, 3.05) is 0 Å². The number of aliphatic hydroxyl groups is 1. The SMILES string of the molecule is BrP(Br)Br.Clc1cc(CBr)ccn1.OCc1ccnc(Cl)c1. The largest absolute Gasteiger partial charge is 0.392 e. The minimum atomic E-state index is -0.183. The van der Waals surface area contributed by atoms with E-state index in [2.05, 4.69) is 72.4 Å². The first-order chi connectivity index (χ1) is 10.4. The van der Waals surface area contributed by atoms with Gasteiger partial charge < -0.3 is 5.11 Å². The molecule has 0 aliphatic rings. The number of aliphatic hydroxyl groups excluding tert-OH is 1. The highest BCUT2D eigenvalue weighted by atomic mass is 80.0. The molecule has 2 aromatic heterocycles. The lowest BCUT2D eigenvalue weighted by molar-refractivity contribution is 0.281. The summed E-state index contributed by atoms with van der Waals surface area (Å²) in [5.74, 6) is 0. The Kier molecular flexibility index (Phi) is 15.3. The Morgan fingerprint density at radius 1 is 0.955 bits per heavy atom. The molecule has 0 aliphatic carbocycles. The predicted molar refractivity (Wildman–Crippen MR) is 111 cm³/mol. The Labute approximate surface area is 173 Å². The zero-order valence-corrected chi connectivity index (χ0v) is 19.7. The maximum Gasteiger partial charge on any atom is 0.129 e. The van der Waals surface area contributed by atoms with Gasteiger partial charge in [-0.15, -0.1) is 0 Å². The molecule has 1 N–H and O–H groups in total. The molecule has 0 fully saturated rings. The van der Waals surface area contributed by atoms with Crippen LogP contribution in [0.4, 0.5) is 0 Å². The molecule has 0 amide bonds. The molecule has 0 bridgehead atoms. The average molecular weight is 621 g/mol. The standard InChI is InChI=1S/C6H5BrClN.C6H6ClNO.Br3P/c7-4-5-1-2-9-6(8)3-5;7-6-3-5(4-9)1-2-8-6;1-4(2)3/h1-3H,4H2;1-3,9H,4H2;. The van der Waals surface area contributed by atoms with Gasteiger partial charge in [-0.05, 0) is 81.9 Å². The molecule has 0 aromatic carbocycles. The molecule has 0 unspecified atom stereocenters. The van der Waals surface area contributed by atoms with Gasteiger partial charge in [-0.25, -0.2) is 9.97 Å². The van der Waals surface area contributed by atoms with Crippen LogP contribution < -0.4 is 0 Å². The van der Waals surface area contributed by atoms with Crippen LogP contribution in [0.1, 0.15) is 11.1 Å². The van der Waals surface area contributed by atoms with E-state index in [9.17, 15) is 0 Å². The quantitative estimate of drug-likeness (QED) is 0.219. The normalized spacial score (nSPS) is 9.45. The van der Waals surface area contributed by atoms with E-state index in [4.69, 9.17) is 28.3 Å². The number of hydrogen-bond acceptors (Lipinski definition) is 3. The number of rotatable bonds is 2. The van der Waals surface area contributed by atoms with Crippen LogP contribution in [0.3, 0.4) is 0 Å². The van der Waals surface area contributed by atoms with Crippen molar-refractivity contribution in [3.63, 3.8) is 0 Å². The molecule has 10 heteroatoms. The Balaban J connectivity index is 0.000000326. The summed E-state index contributed by atoms with van der Waals surface area (Å²) in [5.41, 5.74) is 1.94. The number of hydrogen-bond donors (Lipinski definition) is 1. The van der Waals surface area contributed by atoms with E-state index in [1.165, 1.54) is 0 Å².